The van der Waals surface area contributed by atoms with E-state index < -0.39 is 16.8 Å². The van der Waals surface area contributed by atoms with Gasteiger partial charge in [-0.1, -0.05) is 0 Å². The number of hydrogen-bond acceptors (Lipinski definition) is 5. The van der Waals surface area contributed by atoms with Gasteiger partial charge in [0.15, 0.2) is 5.01 Å². The minimum atomic E-state index is -1.82. The lowest BCUT2D eigenvalue weighted by Crippen LogP contribution is -2.63. The zero-order chi connectivity index (χ0) is 17.4. The minimum absolute atomic E-state index is 0.0738. The fraction of sp³-hybridized carbons (Fsp3) is 0.643. The van der Waals surface area contributed by atoms with Crippen molar-refractivity contribution in [3.05, 3.63) is 16.1 Å². The monoisotopic (exact) mass is 331 g/mol. The molecule has 0 aliphatic carbocycles. The summed E-state index contributed by atoms with van der Waals surface area (Å²) in [5.74, 6) is -0.810. The lowest BCUT2D eigenvalue weighted by Gasteiger charge is -2.39. The van der Waals surface area contributed by atoms with E-state index in [2.05, 4.69) is 10.3 Å². The first-order chi connectivity index (χ1) is 10.5. The standard InChI is InChI=1S/C14H19B2N3O3S/c1-8-5-4-6-19(8)12(21)9-7-23-11(17-9)10(20)18-14(15,16)13(2,3)22/h7-8,22H,4-6H2,1-3H3,(H,18,20). The first-order valence-corrected chi connectivity index (χ1v) is 8.30. The summed E-state index contributed by atoms with van der Waals surface area (Å²) in [5.41, 5.74) is -1.29. The molecule has 1 atom stereocenters. The largest absolute Gasteiger partial charge is 0.390 e. The molecular formula is C14H19B2N3O3S. The van der Waals surface area contributed by atoms with Crippen molar-refractivity contribution in [2.24, 2.45) is 0 Å². The molecule has 1 unspecified atom stereocenters. The van der Waals surface area contributed by atoms with Gasteiger partial charge in [0, 0.05) is 18.0 Å². The predicted octanol–water partition coefficient (Wildman–Crippen LogP) is 0.259. The van der Waals surface area contributed by atoms with E-state index in [4.69, 9.17) is 15.7 Å². The van der Waals surface area contributed by atoms with Gasteiger partial charge in [-0.25, -0.2) is 4.98 Å². The van der Waals surface area contributed by atoms with E-state index in [1.165, 1.54) is 13.8 Å². The molecule has 2 N–H and O–H groups in total. The first kappa shape index (κ1) is 18.0. The van der Waals surface area contributed by atoms with Gasteiger partial charge in [-0.2, -0.15) is 0 Å². The van der Waals surface area contributed by atoms with Crippen LogP contribution < -0.4 is 5.32 Å². The third kappa shape index (κ3) is 3.77. The molecule has 4 radical (unpaired) electrons. The molecule has 0 spiro atoms. The zero-order valence-corrected chi connectivity index (χ0v) is 14.3. The van der Waals surface area contributed by atoms with Crippen LogP contribution in [0.5, 0.6) is 0 Å². The summed E-state index contributed by atoms with van der Waals surface area (Å²) in [6.45, 7) is 5.47. The number of amides is 2. The summed E-state index contributed by atoms with van der Waals surface area (Å²) < 4.78 is 0. The number of rotatable bonds is 4. The summed E-state index contributed by atoms with van der Waals surface area (Å²) in [4.78, 5) is 30.4. The van der Waals surface area contributed by atoms with Crippen molar-refractivity contribution in [2.45, 2.75) is 50.6 Å². The van der Waals surface area contributed by atoms with Crippen molar-refractivity contribution >= 4 is 38.8 Å². The Hall–Kier alpha value is -1.34. The van der Waals surface area contributed by atoms with Crippen LogP contribution in [0.2, 0.25) is 0 Å². The fourth-order valence-electron chi connectivity index (χ4n) is 2.25. The van der Waals surface area contributed by atoms with Gasteiger partial charge in [-0.3, -0.25) is 9.59 Å². The Morgan fingerprint density at radius 1 is 1.48 bits per heavy atom. The van der Waals surface area contributed by atoms with Crippen molar-refractivity contribution in [1.29, 1.82) is 0 Å². The number of aliphatic hydroxyl groups is 1. The second-order valence-electron chi connectivity index (χ2n) is 6.41. The van der Waals surface area contributed by atoms with Crippen LogP contribution in [-0.4, -0.2) is 66.0 Å². The van der Waals surface area contributed by atoms with E-state index >= 15 is 0 Å². The van der Waals surface area contributed by atoms with Crippen LogP contribution >= 0.6 is 11.3 Å². The second-order valence-corrected chi connectivity index (χ2v) is 7.27. The molecule has 0 saturated carbocycles. The van der Waals surface area contributed by atoms with Crippen molar-refractivity contribution in [2.75, 3.05) is 6.54 Å². The smallest absolute Gasteiger partial charge is 0.279 e. The molecule has 2 heterocycles. The quantitative estimate of drug-likeness (QED) is 0.776. The van der Waals surface area contributed by atoms with Gasteiger partial charge in [0.05, 0.1) is 21.3 Å². The Balaban J connectivity index is 2.10. The van der Waals surface area contributed by atoms with Crippen LogP contribution in [-0.2, 0) is 0 Å². The van der Waals surface area contributed by atoms with E-state index in [9.17, 15) is 14.7 Å². The molecule has 2 amide bonds. The molecule has 120 valence electrons. The number of hydrogen-bond donors (Lipinski definition) is 2. The molecule has 1 saturated heterocycles. The lowest BCUT2D eigenvalue weighted by atomic mass is 9.54. The highest BCUT2D eigenvalue weighted by atomic mass is 32.1. The molecule has 9 heteroatoms. The van der Waals surface area contributed by atoms with Crippen LogP contribution in [0.25, 0.3) is 0 Å². The van der Waals surface area contributed by atoms with Crippen molar-refractivity contribution in [1.82, 2.24) is 15.2 Å². The first-order valence-electron chi connectivity index (χ1n) is 7.42. The molecule has 0 aromatic carbocycles. The van der Waals surface area contributed by atoms with Crippen LogP contribution in [0.15, 0.2) is 5.38 Å². The molecule has 1 aromatic heterocycles. The summed E-state index contributed by atoms with van der Waals surface area (Å²) in [6, 6.07) is 0.178. The SMILES string of the molecule is [B]C([B])(NC(=O)c1nc(C(=O)N2CCCC2C)cs1)C(C)(C)O. The van der Waals surface area contributed by atoms with Crippen LogP contribution in [0, 0.1) is 0 Å². The van der Waals surface area contributed by atoms with Crippen molar-refractivity contribution < 1.29 is 14.7 Å². The molecule has 6 nitrogen and oxygen atoms in total. The molecule has 0 bridgehead atoms. The lowest BCUT2D eigenvalue weighted by molar-refractivity contribution is 0.0455. The summed E-state index contributed by atoms with van der Waals surface area (Å²) in [6.07, 6.45) is 1.94. The van der Waals surface area contributed by atoms with Gasteiger partial charge in [0.25, 0.3) is 11.8 Å². The number of carbonyl (C=O) groups is 2. The predicted molar refractivity (Wildman–Crippen MR) is 89.8 cm³/mol. The highest BCUT2D eigenvalue weighted by molar-refractivity contribution is 7.11. The van der Waals surface area contributed by atoms with Gasteiger partial charge < -0.3 is 15.3 Å². The molecule has 23 heavy (non-hydrogen) atoms. The maximum atomic E-state index is 12.4. The number of nitrogens with zero attached hydrogens (tertiary/aromatic N) is 2. The summed E-state index contributed by atoms with van der Waals surface area (Å²) in [7, 11) is 11.4. The van der Waals surface area contributed by atoms with Crippen molar-refractivity contribution in [3.63, 3.8) is 0 Å². The number of nitrogens with one attached hydrogen (secondary N) is 1. The number of aromatic nitrogens is 1. The number of thiazole rings is 1. The van der Waals surface area contributed by atoms with E-state index in [0.717, 1.165) is 24.2 Å². The van der Waals surface area contributed by atoms with Crippen molar-refractivity contribution in [3.8, 4) is 0 Å². The highest BCUT2D eigenvalue weighted by Crippen LogP contribution is 2.21. The highest BCUT2D eigenvalue weighted by Gasteiger charge is 2.36. The Kier molecular flexibility index (Phi) is 4.92. The molecule has 2 rings (SSSR count). The van der Waals surface area contributed by atoms with Gasteiger partial charge in [0.1, 0.15) is 5.69 Å². The molecule has 1 aliphatic heterocycles. The second kappa shape index (κ2) is 6.28. The summed E-state index contributed by atoms with van der Waals surface area (Å²) >= 11 is 1.03. The molecule has 1 aromatic rings. The van der Waals surface area contributed by atoms with Crippen LogP contribution in [0.3, 0.4) is 0 Å². The van der Waals surface area contributed by atoms with Gasteiger partial charge in [-0.15, -0.1) is 11.3 Å². The summed E-state index contributed by atoms with van der Waals surface area (Å²) in [5, 5.41) is 12.0. The van der Waals surface area contributed by atoms with Gasteiger partial charge in [-0.05, 0) is 39.0 Å². The van der Waals surface area contributed by atoms with E-state index in [1.807, 2.05) is 6.92 Å². The maximum absolute atomic E-state index is 12.4. The maximum Gasteiger partial charge on any atom is 0.279 e. The zero-order valence-electron chi connectivity index (χ0n) is 13.5. The van der Waals surface area contributed by atoms with E-state index in [1.54, 1.807) is 10.3 Å². The Morgan fingerprint density at radius 2 is 2.13 bits per heavy atom. The Labute approximate surface area is 142 Å². The van der Waals surface area contributed by atoms with Gasteiger partial charge >= 0.3 is 0 Å². The minimum Gasteiger partial charge on any atom is -0.390 e. The Morgan fingerprint density at radius 3 is 2.65 bits per heavy atom. The van der Waals surface area contributed by atoms with Gasteiger partial charge in [0.2, 0.25) is 0 Å². The number of carbonyl (C=O) groups excluding carboxylic acids is 2. The van der Waals surface area contributed by atoms with E-state index in [-0.39, 0.29) is 22.7 Å². The number of likely N-dealkylation sites (tertiary alicyclic amines) is 1. The topological polar surface area (TPSA) is 82.5 Å². The average molecular weight is 331 g/mol. The molecular weight excluding hydrogens is 312 g/mol. The third-order valence-corrected chi connectivity index (χ3v) is 4.91. The fourth-order valence-corrected chi connectivity index (χ4v) is 2.94. The average Bonchev–Trinajstić information content (AvgIpc) is 3.04. The molecule has 1 fully saturated rings. The normalized spacial score (nSPS) is 19.0. The van der Waals surface area contributed by atoms with E-state index in [0.29, 0.717) is 6.54 Å². The third-order valence-electron chi connectivity index (χ3n) is 4.06. The van der Waals surface area contributed by atoms with Crippen LogP contribution in [0.4, 0.5) is 0 Å². The molecule has 1 aliphatic rings. The Bertz CT molecular complexity index is 613. The van der Waals surface area contributed by atoms with Crippen LogP contribution in [0.1, 0.15) is 53.9 Å².